The van der Waals surface area contributed by atoms with E-state index in [0.29, 0.717) is 18.5 Å². The second kappa shape index (κ2) is 10.7. The Kier molecular flexibility index (Phi) is 7.96. The monoisotopic (exact) mass is 380 g/mol. The lowest BCUT2D eigenvalue weighted by atomic mass is 10.1. The van der Waals surface area contributed by atoms with Gasteiger partial charge in [0.2, 0.25) is 11.8 Å². The van der Waals surface area contributed by atoms with Gasteiger partial charge in [0, 0.05) is 12.6 Å². The van der Waals surface area contributed by atoms with Crippen molar-refractivity contribution in [2.24, 2.45) is 0 Å². The van der Waals surface area contributed by atoms with Crippen molar-refractivity contribution in [1.82, 2.24) is 10.6 Å². The van der Waals surface area contributed by atoms with Gasteiger partial charge in [-0.2, -0.15) is 0 Å². The van der Waals surface area contributed by atoms with E-state index < -0.39 is 6.04 Å². The van der Waals surface area contributed by atoms with Gasteiger partial charge in [0.05, 0.1) is 12.7 Å². The van der Waals surface area contributed by atoms with E-state index in [2.05, 4.69) is 15.4 Å². The summed E-state index contributed by atoms with van der Waals surface area (Å²) in [5.41, 5.74) is 2.37. The number of hydrogen-bond acceptors (Lipinski definition) is 4. The third-order valence-electron chi connectivity index (χ3n) is 4.07. The molecule has 2 aromatic carbocycles. The fourth-order valence-corrected chi connectivity index (χ4v) is 2.47. The first-order chi connectivity index (χ1) is 13.5. The summed E-state index contributed by atoms with van der Waals surface area (Å²) in [6, 6.07) is 15.8. The molecule has 28 heavy (non-hydrogen) atoms. The van der Waals surface area contributed by atoms with E-state index in [-0.39, 0.29) is 17.8 Å². The number of carbonyl (C=O) groups is 3. The highest BCUT2D eigenvalue weighted by atomic mass is 16.5. The van der Waals surface area contributed by atoms with E-state index in [9.17, 15) is 14.4 Å². The SMILES string of the molecule is COC(=O)c1ccc(CCNC(=O)C(C)NC(=O)/C=C/c2ccccc2)cc1. The van der Waals surface area contributed by atoms with Crippen molar-refractivity contribution in [3.05, 3.63) is 77.4 Å². The third kappa shape index (κ3) is 6.72. The first kappa shape index (κ1) is 20.9. The van der Waals surface area contributed by atoms with Crippen LogP contribution in [0.4, 0.5) is 0 Å². The van der Waals surface area contributed by atoms with Crippen molar-refractivity contribution in [2.45, 2.75) is 19.4 Å². The lowest BCUT2D eigenvalue weighted by molar-refractivity contribution is -0.126. The maximum absolute atomic E-state index is 12.1. The minimum Gasteiger partial charge on any atom is -0.465 e. The smallest absolute Gasteiger partial charge is 0.337 e. The lowest BCUT2D eigenvalue weighted by Crippen LogP contribution is -2.44. The van der Waals surface area contributed by atoms with Crippen molar-refractivity contribution >= 4 is 23.9 Å². The van der Waals surface area contributed by atoms with Gasteiger partial charge in [0.1, 0.15) is 6.04 Å². The van der Waals surface area contributed by atoms with Crippen LogP contribution in [-0.4, -0.2) is 37.5 Å². The van der Waals surface area contributed by atoms with Gasteiger partial charge in [-0.15, -0.1) is 0 Å². The number of esters is 1. The number of benzene rings is 2. The lowest BCUT2D eigenvalue weighted by Gasteiger charge is -2.13. The molecular weight excluding hydrogens is 356 g/mol. The van der Waals surface area contributed by atoms with Gasteiger partial charge in [-0.25, -0.2) is 4.79 Å². The second-order valence-corrected chi connectivity index (χ2v) is 6.20. The van der Waals surface area contributed by atoms with Crippen molar-refractivity contribution in [2.75, 3.05) is 13.7 Å². The Labute approximate surface area is 164 Å². The Morgan fingerprint density at radius 2 is 1.71 bits per heavy atom. The molecule has 0 heterocycles. The Bertz CT molecular complexity index is 829. The zero-order valence-corrected chi connectivity index (χ0v) is 16.0. The summed E-state index contributed by atoms with van der Waals surface area (Å²) in [5, 5.41) is 5.43. The molecule has 0 radical (unpaired) electrons. The highest BCUT2D eigenvalue weighted by molar-refractivity contribution is 5.95. The molecule has 0 saturated heterocycles. The van der Waals surface area contributed by atoms with Gasteiger partial charge >= 0.3 is 5.97 Å². The molecule has 0 saturated carbocycles. The molecular formula is C22H24N2O4. The minimum atomic E-state index is -0.644. The molecule has 0 bridgehead atoms. The summed E-state index contributed by atoms with van der Waals surface area (Å²) in [5.74, 6) is -0.969. The molecule has 146 valence electrons. The Morgan fingerprint density at radius 3 is 2.36 bits per heavy atom. The van der Waals surface area contributed by atoms with Crippen LogP contribution in [0.5, 0.6) is 0 Å². The van der Waals surface area contributed by atoms with Crippen LogP contribution in [0.2, 0.25) is 0 Å². The fourth-order valence-electron chi connectivity index (χ4n) is 2.47. The molecule has 2 N–H and O–H groups in total. The van der Waals surface area contributed by atoms with Crippen LogP contribution in [0, 0.1) is 0 Å². The molecule has 6 heteroatoms. The summed E-state index contributed by atoms with van der Waals surface area (Å²) in [7, 11) is 1.34. The molecule has 0 aromatic heterocycles. The van der Waals surface area contributed by atoms with Crippen LogP contribution in [0.15, 0.2) is 60.7 Å². The van der Waals surface area contributed by atoms with Crippen LogP contribution in [0.3, 0.4) is 0 Å². The third-order valence-corrected chi connectivity index (χ3v) is 4.07. The van der Waals surface area contributed by atoms with E-state index in [4.69, 9.17) is 0 Å². The van der Waals surface area contributed by atoms with Crippen molar-refractivity contribution in [1.29, 1.82) is 0 Å². The van der Waals surface area contributed by atoms with E-state index in [1.54, 1.807) is 25.1 Å². The number of ether oxygens (including phenoxy) is 1. The molecule has 2 rings (SSSR count). The molecule has 1 unspecified atom stereocenters. The van der Waals surface area contributed by atoms with Crippen LogP contribution in [0.25, 0.3) is 6.08 Å². The fraction of sp³-hybridized carbons (Fsp3) is 0.227. The first-order valence-corrected chi connectivity index (χ1v) is 8.98. The van der Waals surface area contributed by atoms with Gasteiger partial charge < -0.3 is 15.4 Å². The van der Waals surface area contributed by atoms with Gasteiger partial charge in [-0.05, 0) is 42.7 Å². The summed E-state index contributed by atoms with van der Waals surface area (Å²) >= 11 is 0. The summed E-state index contributed by atoms with van der Waals surface area (Å²) in [6.07, 6.45) is 3.71. The summed E-state index contributed by atoms with van der Waals surface area (Å²) < 4.78 is 4.65. The maximum Gasteiger partial charge on any atom is 0.337 e. The van der Waals surface area contributed by atoms with Gasteiger partial charge in [-0.1, -0.05) is 42.5 Å². The zero-order valence-electron chi connectivity index (χ0n) is 16.0. The quantitative estimate of drug-likeness (QED) is 0.544. The van der Waals surface area contributed by atoms with E-state index in [0.717, 1.165) is 11.1 Å². The molecule has 6 nitrogen and oxygen atoms in total. The Hall–Kier alpha value is -3.41. The number of methoxy groups -OCH3 is 1. The molecule has 2 aromatic rings. The standard InChI is InChI=1S/C22H24N2O4/c1-16(24-20(25)13-10-17-6-4-3-5-7-17)21(26)23-15-14-18-8-11-19(12-9-18)22(27)28-2/h3-13,16H,14-15H2,1-2H3,(H,23,26)(H,24,25)/b13-10+. The highest BCUT2D eigenvalue weighted by Gasteiger charge is 2.13. The Morgan fingerprint density at radius 1 is 1.04 bits per heavy atom. The van der Waals surface area contributed by atoms with Crippen LogP contribution >= 0.6 is 0 Å². The van der Waals surface area contributed by atoms with Gasteiger partial charge in [-0.3, -0.25) is 9.59 Å². The van der Waals surface area contributed by atoms with E-state index >= 15 is 0 Å². The van der Waals surface area contributed by atoms with Crippen molar-refractivity contribution in [3.63, 3.8) is 0 Å². The van der Waals surface area contributed by atoms with Crippen molar-refractivity contribution < 1.29 is 19.1 Å². The maximum atomic E-state index is 12.1. The van der Waals surface area contributed by atoms with Crippen molar-refractivity contribution in [3.8, 4) is 0 Å². The highest BCUT2D eigenvalue weighted by Crippen LogP contribution is 2.06. The van der Waals surface area contributed by atoms with E-state index in [1.807, 2.05) is 42.5 Å². The molecule has 0 spiro atoms. The summed E-state index contributed by atoms with van der Waals surface area (Å²) in [6.45, 7) is 2.06. The molecule has 2 amide bonds. The Balaban J connectivity index is 1.74. The largest absolute Gasteiger partial charge is 0.465 e. The normalized spacial score (nSPS) is 11.6. The number of hydrogen-bond donors (Lipinski definition) is 2. The van der Waals surface area contributed by atoms with Gasteiger partial charge in [0.25, 0.3) is 0 Å². The van der Waals surface area contributed by atoms with Crippen LogP contribution in [-0.2, 0) is 20.7 Å². The minimum absolute atomic E-state index is 0.257. The molecule has 0 aliphatic carbocycles. The summed E-state index contributed by atoms with van der Waals surface area (Å²) in [4.78, 5) is 35.4. The topological polar surface area (TPSA) is 84.5 Å². The number of amides is 2. The predicted molar refractivity (Wildman–Crippen MR) is 108 cm³/mol. The molecule has 0 aliphatic rings. The number of carbonyl (C=O) groups excluding carboxylic acids is 3. The van der Waals surface area contributed by atoms with Gasteiger partial charge in [0.15, 0.2) is 0 Å². The average molecular weight is 380 g/mol. The average Bonchev–Trinajstić information content (AvgIpc) is 2.72. The number of rotatable bonds is 8. The number of nitrogens with one attached hydrogen (secondary N) is 2. The van der Waals surface area contributed by atoms with Crippen LogP contribution < -0.4 is 10.6 Å². The second-order valence-electron chi connectivity index (χ2n) is 6.20. The van der Waals surface area contributed by atoms with Crippen LogP contribution in [0.1, 0.15) is 28.4 Å². The first-order valence-electron chi connectivity index (χ1n) is 8.98. The molecule has 0 aliphatic heterocycles. The van der Waals surface area contributed by atoms with E-state index in [1.165, 1.54) is 13.2 Å². The molecule has 0 fully saturated rings. The molecule has 1 atom stereocenters. The zero-order chi connectivity index (χ0) is 20.4. The predicted octanol–water partition coefficient (Wildman–Crippen LogP) is 2.35.